The average molecular weight is 340 g/mol. The first-order valence-corrected chi connectivity index (χ1v) is 9.63. The number of nitrogens with zero attached hydrogens (tertiary/aromatic N) is 1. The summed E-state index contributed by atoms with van der Waals surface area (Å²) in [4.78, 5) is 12.1. The van der Waals surface area contributed by atoms with Gasteiger partial charge < -0.3 is 10.1 Å². The lowest BCUT2D eigenvalue weighted by molar-refractivity contribution is -0.122. The molecule has 1 saturated heterocycles. The Morgan fingerprint density at radius 1 is 1.39 bits per heavy atom. The minimum Gasteiger partial charge on any atom is -0.376 e. The van der Waals surface area contributed by atoms with Crippen molar-refractivity contribution in [2.24, 2.45) is 0 Å². The maximum Gasteiger partial charge on any atom is 0.235 e. The van der Waals surface area contributed by atoms with Crippen molar-refractivity contribution in [2.45, 2.75) is 31.9 Å². The van der Waals surface area contributed by atoms with Crippen LogP contribution in [0.3, 0.4) is 0 Å². The van der Waals surface area contributed by atoms with Crippen LogP contribution in [0.4, 0.5) is 0 Å². The first kappa shape index (κ1) is 17.9. The van der Waals surface area contributed by atoms with E-state index in [0.717, 1.165) is 31.3 Å². The highest BCUT2D eigenvalue weighted by atomic mass is 32.2. The van der Waals surface area contributed by atoms with E-state index >= 15 is 0 Å². The Hall–Kier alpha value is -1.44. The normalized spacial score (nSPS) is 19.7. The molecule has 2 unspecified atom stereocenters. The van der Waals surface area contributed by atoms with Crippen LogP contribution in [-0.2, 0) is 19.6 Å². The van der Waals surface area contributed by atoms with E-state index in [4.69, 9.17) is 4.74 Å². The summed E-state index contributed by atoms with van der Waals surface area (Å²) < 4.78 is 30.8. The SMILES string of the molecule is CC(c1ccccc1)N(CC(=O)NCC1CCCO1)S(C)(=O)=O. The van der Waals surface area contributed by atoms with E-state index in [1.807, 2.05) is 30.3 Å². The van der Waals surface area contributed by atoms with Crippen LogP contribution < -0.4 is 5.32 Å². The van der Waals surface area contributed by atoms with Crippen molar-refractivity contribution in [3.63, 3.8) is 0 Å². The van der Waals surface area contributed by atoms with E-state index in [0.29, 0.717) is 6.54 Å². The van der Waals surface area contributed by atoms with E-state index < -0.39 is 16.1 Å². The Labute approximate surface area is 137 Å². The molecule has 1 aromatic rings. The molecule has 1 aliphatic rings. The predicted molar refractivity (Wildman–Crippen MR) is 88.4 cm³/mol. The van der Waals surface area contributed by atoms with E-state index in [1.165, 1.54) is 4.31 Å². The standard InChI is InChI=1S/C16H24N2O4S/c1-13(14-7-4-3-5-8-14)18(23(2,20)21)12-16(19)17-11-15-9-6-10-22-15/h3-5,7-8,13,15H,6,9-12H2,1-2H3,(H,17,19). The number of nitrogens with one attached hydrogen (secondary N) is 1. The molecule has 0 spiro atoms. The molecule has 2 atom stereocenters. The van der Waals surface area contributed by atoms with Crippen LogP contribution in [0.1, 0.15) is 31.4 Å². The number of hydrogen-bond acceptors (Lipinski definition) is 4. The van der Waals surface area contributed by atoms with Gasteiger partial charge in [-0.05, 0) is 25.3 Å². The lowest BCUT2D eigenvalue weighted by atomic mass is 10.1. The highest BCUT2D eigenvalue weighted by molar-refractivity contribution is 7.88. The Balaban J connectivity index is 1.99. The van der Waals surface area contributed by atoms with Gasteiger partial charge in [-0.15, -0.1) is 0 Å². The number of carbonyl (C=O) groups excluding carboxylic acids is 1. The molecular weight excluding hydrogens is 316 g/mol. The Kier molecular flexibility index (Phi) is 6.15. The molecule has 7 heteroatoms. The van der Waals surface area contributed by atoms with E-state index in [9.17, 15) is 13.2 Å². The quantitative estimate of drug-likeness (QED) is 0.812. The molecule has 128 valence electrons. The molecule has 0 aromatic heterocycles. The Bertz CT molecular complexity index is 612. The number of amides is 1. The minimum absolute atomic E-state index is 0.0391. The fraction of sp³-hybridized carbons (Fsp3) is 0.562. The molecule has 6 nitrogen and oxygen atoms in total. The summed E-state index contributed by atoms with van der Waals surface area (Å²) in [5.41, 5.74) is 0.852. The minimum atomic E-state index is -3.50. The summed E-state index contributed by atoms with van der Waals surface area (Å²) >= 11 is 0. The van der Waals surface area contributed by atoms with Crippen molar-refractivity contribution in [1.29, 1.82) is 0 Å². The van der Waals surface area contributed by atoms with Gasteiger partial charge in [0.1, 0.15) is 0 Å². The fourth-order valence-electron chi connectivity index (χ4n) is 2.67. The molecule has 2 rings (SSSR count). The second kappa shape index (κ2) is 7.90. The summed E-state index contributed by atoms with van der Waals surface area (Å²) in [6.45, 7) is 2.74. The Morgan fingerprint density at radius 2 is 2.09 bits per heavy atom. The highest BCUT2D eigenvalue weighted by Crippen LogP contribution is 2.22. The van der Waals surface area contributed by atoms with E-state index in [-0.39, 0.29) is 18.6 Å². The van der Waals surface area contributed by atoms with Gasteiger partial charge in [0.05, 0.1) is 18.9 Å². The zero-order valence-electron chi connectivity index (χ0n) is 13.6. The second-order valence-corrected chi connectivity index (χ2v) is 7.77. The summed E-state index contributed by atoms with van der Waals surface area (Å²) in [6.07, 6.45) is 3.09. The summed E-state index contributed by atoms with van der Waals surface area (Å²) in [5.74, 6) is -0.311. The maximum absolute atomic E-state index is 12.1. The van der Waals surface area contributed by atoms with Crippen LogP contribution >= 0.6 is 0 Å². The second-order valence-electron chi connectivity index (χ2n) is 5.83. The van der Waals surface area contributed by atoms with Gasteiger partial charge in [-0.2, -0.15) is 4.31 Å². The van der Waals surface area contributed by atoms with Crippen molar-refractivity contribution < 1.29 is 17.9 Å². The van der Waals surface area contributed by atoms with Crippen molar-refractivity contribution in [1.82, 2.24) is 9.62 Å². The Morgan fingerprint density at radius 3 is 2.65 bits per heavy atom. The lowest BCUT2D eigenvalue weighted by Gasteiger charge is -2.26. The van der Waals surface area contributed by atoms with E-state index in [1.54, 1.807) is 6.92 Å². The van der Waals surface area contributed by atoms with Crippen LogP contribution in [0.2, 0.25) is 0 Å². The first-order valence-electron chi connectivity index (χ1n) is 7.78. The van der Waals surface area contributed by atoms with Gasteiger partial charge in [-0.25, -0.2) is 8.42 Å². The van der Waals surface area contributed by atoms with Crippen LogP contribution in [0.15, 0.2) is 30.3 Å². The zero-order valence-corrected chi connectivity index (χ0v) is 14.4. The summed E-state index contributed by atoms with van der Waals surface area (Å²) in [7, 11) is -3.50. The molecule has 1 aromatic carbocycles. The number of sulfonamides is 1. The molecule has 0 radical (unpaired) electrons. The van der Waals surface area contributed by atoms with E-state index in [2.05, 4.69) is 5.32 Å². The molecule has 0 aliphatic carbocycles. The monoisotopic (exact) mass is 340 g/mol. The van der Waals surface area contributed by atoms with Gasteiger partial charge in [0.25, 0.3) is 0 Å². The van der Waals surface area contributed by atoms with Crippen molar-refractivity contribution in [2.75, 3.05) is 26.0 Å². The fourth-order valence-corrected chi connectivity index (χ4v) is 3.72. The molecule has 1 aliphatic heterocycles. The van der Waals surface area contributed by atoms with Gasteiger partial charge in [-0.1, -0.05) is 30.3 Å². The predicted octanol–water partition coefficient (Wildman–Crippen LogP) is 1.30. The zero-order chi connectivity index (χ0) is 16.9. The van der Waals surface area contributed by atoms with Crippen molar-refractivity contribution in [3.05, 3.63) is 35.9 Å². The summed E-state index contributed by atoms with van der Waals surface area (Å²) in [6, 6.07) is 8.88. The van der Waals surface area contributed by atoms with Crippen molar-refractivity contribution >= 4 is 15.9 Å². The number of hydrogen-bond donors (Lipinski definition) is 1. The largest absolute Gasteiger partial charge is 0.376 e. The van der Waals surface area contributed by atoms with Crippen LogP contribution in [0.5, 0.6) is 0 Å². The van der Waals surface area contributed by atoms with Gasteiger partial charge >= 0.3 is 0 Å². The highest BCUT2D eigenvalue weighted by Gasteiger charge is 2.27. The third kappa shape index (κ3) is 5.30. The molecule has 23 heavy (non-hydrogen) atoms. The number of ether oxygens (including phenoxy) is 1. The first-order chi connectivity index (χ1) is 10.9. The van der Waals surface area contributed by atoms with Gasteiger partial charge in [0.15, 0.2) is 0 Å². The van der Waals surface area contributed by atoms with Gasteiger partial charge in [0.2, 0.25) is 15.9 Å². The van der Waals surface area contributed by atoms with Gasteiger partial charge in [-0.3, -0.25) is 4.79 Å². The average Bonchev–Trinajstić information content (AvgIpc) is 3.03. The summed E-state index contributed by atoms with van der Waals surface area (Å²) in [5, 5.41) is 2.76. The molecule has 0 bridgehead atoms. The number of benzene rings is 1. The number of rotatable bonds is 7. The molecule has 1 amide bonds. The maximum atomic E-state index is 12.1. The molecule has 1 N–H and O–H groups in total. The van der Waals surface area contributed by atoms with Crippen LogP contribution in [-0.4, -0.2) is 50.7 Å². The molecule has 1 heterocycles. The lowest BCUT2D eigenvalue weighted by Crippen LogP contribution is -2.43. The topological polar surface area (TPSA) is 75.7 Å². The van der Waals surface area contributed by atoms with Crippen molar-refractivity contribution in [3.8, 4) is 0 Å². The van der Waals surface area contributed by atoms with Crippen LogP contribution in [0, 0.1) is 0 Å². The molecule has 0 saturated carbocycles. The molecular formula is C16H24N2O4S. The van der Waals surface area contributed by atoms with Crippen LogP contribution in [0.25, 0.3) is 0 Å². The van der Waals surface area contributed by atoms with Gasteiger partial charge in [0, 0.05) is 19.2 Å². The third-order valence-electron chi connectivity index (χ3n) is 3.99. The smallest absolute Gasteiger partial charge is 0.235 e. The molecule has 1 fully saturated rings. The third-order valence-corrected chi connectivity index (χ3v) is 5.29. The number of carbonyl (C=O) groups is 1.